The molecule has 4 N–H and O–H groups in total. The molecular weight excluding hydrogens is 210 g/mol. The summed E-state index contributed by atoms with van der Waals surface area (Å²) >= 11 is 0. The molecule has 0 saturated carbocycles. The molecule has 0 aliphatic rings. The molecule has 0 heterocycles. The van der Waals surface area contributed by atoms with Crippen LogP contribution in [0.3, 0.4) is 0 Å². The average Bonchev–Trinajstić information content (AvgIpc) is 1.81. The van der Waals surface area contributed by atoms with E-state index in [-0.39, 0.29) is 12.0 Å². The standard InChI is InChI=1S/C5H11NO2.C2H2O4.H2O/c1-6(2,3)4-5(7)8;3-1(4)2(5)6;/h4H2,1-3H3;(H,3,4)(H,5,6);1H2. The van der Waals surface area contributed by atoms with Gasteiger partial charge < -0.3 is 30.1 Å². The van der Waals surface area contributed by atoms with Crippen LogP contribution >= 0.6 is 0 Å². The molecule has 0 saturated heterocycles. The smallest absolute Gasteiger partial charge is 0.414 e. The number of hydrogen-bond acceptors (Lipinski definition) is 4. The Kier molecular flexibility index (Phi) is 9.76. The van der Waals surface area contributed by atoms with Crippen molar-refractivity contribution in [2.45, 2.75) is 0 Å². The molecule has 0 atom stereocenters. The van der Waals surface area contributed by atoms with Gasteiger partial charge in [0.15, 0.2) is 0 Å². The Morgan fingerprint density at radius 2 is 1.33 bits per heavy atom. The topological polar surface area (TPSA) is 146 Å². The summed E-state index contributed by atoms with van der Waals surface area (Å²) in [6.07, 6.45) is 0. The van der Waals surface area contributed by atoms with Gasteiger partial charge in [-0.15, -0.1) is 0 Å². The summed E-state index contributed by atoms with van der Waals surface area (Å²) in [5, 5.41) is 24.7. The number of hydrogen-bond donors (Lipinski definition) is 2. The van der Waals surface area contributed by atoms with Crippen molar-refractivity contribution in [2.75, 3.05) is 27.7 Å². The molecule has 0 bridgehead atoms. The highest BCUT2D eigenvalue weighted by Crippen LogP contribution is 1.84. The van der Waals surface area contributed by atoms with Gasteiger partial charge >= 0.3 is 11.9 Å². The quantitative estimate of drug-likeness (QED) is 0.373. The van der Waals surface area contributed by atoms with E-state index in [0.29, 0.717) is 4.48 Å². The molecule has 15 heavy (non-hydrogen) atoms. The van der Waals surface area contributed by atoms with Gasteiger partial charge in [0.1, 0.15) is 6.54 Å². The number of carbonyl (C=O) groups is 3. The van der Waals surface area contributed by atoms with Crippen LogP contribution in [0.2, 0.25) is 0 Å². The van der Waals surface area contributed by atoms with E-state index in [9.17, 15) is 9.90 Å². The highest BCUT2D eigenvalue weighted by atomic mass is 16.4. The lowest BCUT2D eigenvalue weighted by Crippen LogP contribution is -2.45. The van der Waals surface area contributed by atoms with E-state index in [2.05, 4.69) is 0 Å². The van der Waals surface area contributed by atoms with Crippen molar-refractivity contribution >= 4 is 17.9 Å². The highest BCUT2D eigenvalue weighted by molar-refractivity contribution is 6.27. The monoisotopic (exact) mass is 225 g/mol. The summed E-state index contributed by atoms with van der Waals surface area (Å²) < 4.78 is 0.419. The van der Waals surface area contributed by atoms with Gasteiger partial charge in [-0.2, -0.15) is 0 Å². The van der Waals surface area contributed by atoms with Crippen LogP contribution in [-0.2, 0) is 14.4 Å². The summed E-state index contributed by atoms with van der Waals surface area (Å²) in [5.74, 6) is -4.65. The Balaban J connectivity index is -0.000000187. The molecule has 0 rings (SSSR count). The molecule has 8 heteroatoms. The van der Waals surface area contributed by atoms with Crippen molar-refractivity contribution in [1.82, 2.24) is 0 Å². The third kappa shape index (κ3) is 24.5. The Hall–Kier alpha value is -1.67. The number of quaternary nitrogens is 1. The number of carbonyl (C=O) groups excluding carboxylic acids is 1. The van der Waals surface area contributed by atoms with Crippen molar-refractivity contribution in [1.29, 1.82) is 0 Å². The van der Waals surface area contributed by atoms with E-state index < -0.39 is 17.9 Å². The largest absolute Gasteiger partial charge is 0.544 e. The maximum absolute atomic E-state index is 9.89. The second-order valence-corrected chi connectivity index (χ2v) is 3.43. The minimum atomic E-state index is -1.82. The Bertz CT molecular complexity index is 218. The van der Waals surface area contributed by atoms with E-state index in [1.165, 1.54) is 0 Å². The predicted molar refractivity (Wildman–Crippen MR) is 46.8 cm³/mol. The van der Waals surface area contributed by atoms with Gasteiger partial charge in [0.25, 0.3) is 0 Å². The first-order valence-corrected chi connectivity index (χ1v) is 3.53. The van der Waals surface area contributed by atoms with Crippen LogP contribution < -0.4 is 5.11 Å². The van der Waals surface area contributed by atoms with Crippen LogP contribution in [0.25, 0.3) is 0 Å². The van der Waals surface area contributed by atoms with Crippen LogP contribution in [0.5, 0.6) is 0 Å². The van der Waals surface area contributed by atoms with E-state index in [0.717, 1.165) is 0 Å². The van der Waals surface area contributed by atoms with Crippen molar-refractivity contribution in [3.05, 3.63) is 0 Å². The second-order valence-electron chi connectivity index (χ2n) is 3.43. The Labute approximate surface area is 86.3 Å². The van der Waals surface area contributed by atoms with Crippen LogP contribution in [0, 0.1) is 0 Å². The van der Waals surface area contributed by atoms with Gasteiger partial charge in [0.05, 0.1) is 27.1 Å². The third-order valence-electron chi connectivity index (χ3n) is 0.786. The SMILES string of the molecule is C[N+](C)(C)CC(=O)[O-].O.O=C(O)C(=O)O. The first-order valence-electron chi connectivity index (χ1n) is 3.53. The van der Waals surface area contributed by atoms with Gasteiger partial charge in [0.2, 0.25) is 0 Å². The molecule has 90 valence electrons. The van der Waals surface area contributed by atoms with Gasteiger partial charge in [-0.1, -0.05) is 0 Å². The summed E-state index contributed by atoms with van der Waals surface area (Å²) in [7, 11) is 5.40. The molecule has 0 aromatic heterocycles. The number of aliphatic carboxylic acids is 3. The average molecular weight is 225 g/mol. The fraction of sp³-hybridized carbons (Fsp3) is 0.571. The van der Waals surface area contributed by atoms with Crippen LogP contribution in [0.15, 0.2) is 0 Å². The zero-order valence-corrected chi connectivity index (χ0v) is 8.68. The normalized spacial score (nSPS) is 9.00. The fourth-order valence-electron chi connectivity index (χ4n) is 0.387. The molecular formula is C7H15NO7. The van der Waals surface area contributed by atoms with Crippen molar-refractivity contribution in [3.8, 4) is 0 Å². The molecule has 0 aliphatic carbocycles. The third-order valence-corrected chi connectivity index (χ3v) is 0.786. The number of carboxylic acid groups (broad SMARTS) is 3. The minimum absolute atomic E-state index is 0. The van der Waals surface area contributed by atoms with E-state index in [1.807, 2.05) is 0 Å². The minimum Gasteiger partial charge on any atom is -0.544 e. The van der Waals surface area contributed by atoms with Crippen molar-refractivity contribution in [3.63, 3.8) is 0 Å². The van der Waals surface area contributed by atoms with Crippen LogP contribution in [-0.4, -0.2) is 65.8 Å². The molecule has 0 radical (unpaired) electrons. The fourth-order valence-corrected chi connectivity index (χ4v) is 0.387. The van der Waals surface area contributed by atoms with Gasteiger partial charge in [-0.05, 0) is 0 Å². The molecule has 0 unspecified atom stereocenters. The molecule has 0 amide bonds. The maximum atomic E-state index is 9.89. The van der Waals surface area contributed by atoms with Crippen molar-refractivity contribution < 1.29 is 39.7 Å². The molecule has 0 aromatic carbocycles. The molecule has 0 aromatic rings. The van der Waals surface area contributed by atoms with Crippen molar-refractivity contribution in [2.24, 2.45) is 0 Å². The van der Waals surface area contributed by atoms with Gasteiger partial charge in [-0.3, -0.25) is 0 Å². The predicted octanol–water partition coefficient (Wildman–Crippen LogP) is -3.23. The molecule has 8 nitrogen and oxygen atoms in total. The summed E-state index contributed by atoms with van der Waals surface area (Å²) in [4.78, 5) is 28.1. The van der Waals surface area contributed by atoms with E-state index >= 15 is 0 Å². The maximum Gasteiger partial charge on any atom is 0.414 e. The molecule has 0 fully saturated rings. The lowest BCUT2D eigenvalue weighted by molar-refractivity contribution is -0.864. The first kappa shape index (κ1) is 19.0. The van der Waals surface area contributed by atoms with E-state index in [4.69, 9.17) is 19.8 Å². The Morgan fingerprint density at radius 1 is 1.07 bits per heavy atom. The van der Waals surface area contributed by atoms with E-state index in [1.54, 1.807) is 21.1 Å². The molecule has 0 spiro atoms. The second kappa shape index (κ2) is 7.71. The zero-order valence-electron chi connectivity index (χ0n) is 8.68. The first-order chi connectivity index (χ1) is 6.06. The van der Waals surface area contributed by atoms with Crippen LogP contribution in [0.4, 0.5) is 0 Å². The van der Waals surface area contributed by atoms with Crippen LogP contribution in [0.1, 0.15) is 0 Å². The zero-order chi connectivity index (χ0) is 11.9. The lowest BCUT2D eigenvalue weighted by atomic mass is 10.5. The number of nitrogens with zero attached hydrogens (tertiary/aromatic N) is 1. The summed E-state index contributed by atoms with van der Waals surface area (Å²) in [6, 6.07) is 0. The Morgan fingerprint density at radius 3 is 1.33 bits per heavy atom. The summed E-state index contributed by atoms with van der Waals surface area (Å²) in [6.45, 7) is 0.0694. The summed E-state index contributed by atoms with van der Waals surface area (Å²) in [5.41, 5.74) is 0. The van der Waals surface area contributed by atoms with Gasteiger partial charge in [-0.25, -0.2) is 9.59 Å². The van der Waals surface area contributed by atoms with Gasteiger partial charge in [0, 0.05) is 0 Å². The number of carboxylic acids is 3. The number of likely N-dealkylation sites (N-methyl/N-ethyl adjacent to an activating group) is 1. The number of rotatable bonds is 2. The lowest BCUT2D eigenvalue weighted by Gasteiger charge is -2.23. The highest BCUT2D eigenvalue weighted by Gasteiger charge is 2.05. The molecule has 0 aliphatic heterocycles.